The zero-order chi connectivity index (χ0) is 20.8. The van der Waals surface area contributed by atoms with Crippen LogP contribution in [0.3, 0.4) is 0 Å². The number of hydrogen-bond donors (Lipinski definition) is 1. The fourth-order valence-corrected chi connectivity index (χ4v) is 4.55. The Balaban J connectivity index is 0.00000320. The average molecular weight is 544 g/mol. The zero-order valence-electron chi connectivity index (χ0n) is 18.6. The summed E-state index contributed by atoms with van der Waals surface area (Å²) in [7, 11) is 3.78. The van der Waals surface area contributed by atoms with Crippen molar-refractivity contribution in [3.8, 4) is 0 Å². The van der Waals surface area contributed by atoms with E-state index in [9.17, 15) is 0 Å². The van der Waals surface area contributed by atoms with Gasteiger partial charge in [0, 0.05) is 44.4 Å². The van der Waals surface area contributed by atoms with Crippen LogP contribution in [0.25, 0.3) is 0 Å². The SMILES string of the molecule is CCNC(=NCCN1c2ccccc2CC1C)N(C)Cc1csc(C(C)OC)n1.I. The van der Waals surface area contributed by atoms with Gasteiger partial charge in [0.15, 0.2) is 5.96 Å². The summed E-state index contributed by atoms with van der Waals surface area (Å²) in [6, 6.07) is 9.24. The number of hydrogen-bond acceptors (Lipinski definition) is 5. The summed E-state index contributed by atoms with van der Waals surface area (Å²) < 4.78 is 5.37. The number of halogens is 1. The molecule has 1 aromatic carbocycles. The van der Waals surface area contributed by atoms with Crippen LogP contribution in [0.5, 0.6) is 0 Å². The van der Waals surface area contributed by atoms with Crippen molar-refractivity contribution in [3.63, 3.8) is 0 Å². The first-order valence-electron chi connectivity index (χ1n) is 10.3. The molecule has 2 aromatic rings. The highest BCUT2D eigenvalue weighted by Crippen LogP contribution is 2.31. The van der Waals surface area contributed by atoms with Crippen LogP contribution in [0.1, 0.15) is 43.1 Å². The van der Waals surface area contributed by atoms with Gasteiger partial charge in [-0.25, -0.2) is 4.98 Å². The summed E-state index contributed by atoms with van der Waals surface area (Å²) in [6.07, 6.45) is 1.15. The summed E-state index contributed by atoms with van der Waals surface area (Å²) in [5.74, 6) is 0.918. The van der Waals surface area contributed by atoms with Crippen LogP contribution in [-0.4, -0.2) is 55.7 Å². The number of thiazole rings is 1. The van der Waals surface area contributed by atoms with Crippen LogP contribution >= 0.6 is 35.3 Å². The topological polar surface area (TPSA) is 53.0 Å². The van der Waals surface area contributed by atoms with E-state index in [2.05, 4.69) is 65.7 Å². The number of nitrogens with zero attached hydrogens (tertiary/aromatic N) is 4. The Bertz CT molecular complexity index is 827. The highest BCUT2D eigenvalue weighted by atomic mass is 127. The minimum atomic E-state index is 0. The summed E-state index contributed by atoms with van der Waals surface area (Å²) in [5, 5.41) is 6.53. The molecule has 0 saturated heterocycles. The molecule has 2 heterocycles. The monoisotopic (exact) mass is 543 g/mol. The van der Waals surface area contributed by atoms with Crippen molar-refractivity contribution in [2.24, 2.45) is 4.99 Å². The maximum Gasteiger partial charge on any atom is 0.194 e. The minimum Gasteiger partial charge on any atom is -0.375 e. The zero-order valence-corrected chi connectivity index (χ0v) is 21.7. The van der Waals surface area contributed by atoms with Gasteiger partial charge in [-0.05, 0) is 38.8 Å². The van der Waals surface area contributed by atoms with Crippen molar-refractivity contribution in [1.29, 1.82) is 0 Å². The van der Waals surface area contributed by atoms with Gasteiger partial charge in [0.1, 0.15) is 11.1 Å². The number of aromatic nitrogens is 1. The maximum atomic E-state index is 5.37. The molecule has 166 valence electrons. The van der Waals surface area contributed by atoms with Crippen molar-refractivity contribution in [1.82, 2.24) is 15.2 Å². The van der Waals surface area contributed by atoms with E-state index >= 15 is 0 Å². The van der Waals surface area contributed by atoms with Gasteiger partial charge in [-0.1, -0.05) is 18.2 Å². The third-order valence-electron chi connectivity index (χ3n) is 5.32. The second-order valence-corrected chi connectivity index (χ2v) is 8.41. The van der Waals surface area contributed by atoms with Gasteiger partial charge < -0.3 is 19.9 Å². The van der Waals surface area contributed by atoms with Gasteiger partial charge >= 0.3 is 0 Å². The molecule has 0 aliphatic carbocycles. The third-order valence-corrected chi connectivity index (χ3v) is 6.37. The molecule has 30 heavy (non-hydrogen) atoms. The first-order valence-corrected chi connectivity index (χ1v) is 11.2. The molecule has 0 bridgehead atoms. The number of fused-ring (bicyclic) bond motifs is 1. The lowest BCUT2D eigenvalue weighted by Crippen LogP contribution is -2.39. The molecule has 0 radical (unpaired) electrons. The van der Waals surface area contributed by atoms with Crippen LogP contribution in [0.4, 0.5) is 5.69 Å². The van der Waals surface area contributed by atoms with Crippen molar-refractivity contribution in [2.45, 2.75) is 45.9 Å². The number of anilines is 1. The third kappa shape index (κ3) is 6.07. The van der Waals surface area contributed by atoms with Crippen molar-refractivity contribution in [2.75, 3.05) is 38.7 Å². The molecule has 0 spiro atoms. The van der Waals surface area contributed by atoms with E-state index < -0.39 is 0 Å². The van der Waals surface area contributed by atoms with E-state index in [1.54, 1.807) is 18.4 Å². The van der Waals surface area contributed by atoms with E-state index in [4.69, 9.17) is 14.7 Å². The van der Waals surface area contributed by atoms with Crippen molar-refractivity contribution < 1.29 is 4.74 Å². The Kier molecular flexibility index (Phi) is 9.83. The number of ether oxygens (including phenoxy) is 1. The van der Waals surface area contributed by atoms with Gasteiger partial charge in [0.05, 0.1) is 18.8 Å². The molecule has 3 rings (SSSR count). The fourth-order valence-electron chi connectivity index (χ4n) is 3.70. The first kappa shape index (κ1) is 24.9. The molecule has 1 N–H and O–H groups in total. The Morgan fingerprint density at radius 3 is 2.93 bits per heavy atom. The molecule has 0 saturated carbocycles. The Labute approximate surface area is 201 Å². The van der Waals surface area contributed by atoms with Crippen LogP contribution in [-0.2, 0) is 17.7 Å². The molecule has 8 heteroatoms. The molecular weight excluding hydrogens is 509 g/mol. The Morgan fingerprint density at radius 1 is 1.43 bits per heavy atom. The predicted molar refractivity (Wildman–Crippen MR) is 137 cm³/mol. The van der Waals surface area contributed by atoms with Gasteiger partial charge in [-0.2, -0.15) is 0 Å². The van der Waals surface area contributed by atoms with Crippen molar-refractivity contribution >= 4 is 47.0 Å². The van der Waals surface area contributed by atoms with Gasteiger partial charge in [-0.15, -0.1) is 35.3 Å². The van der Waals surface area contributed by atoms with Crippen LogP contribution < -0.4 is 10.2 Å². The molecule has 1 aliphatic heterocycles. The lowest BCUT2D eigenvalue weighted by atomic mass is 10.1. The summed E-state index contributed by atoms with van der Waals surface area (Å²) in [4.78, 5) is 14.2. The van der Waals surface area contributed by atoms with Crippen LogP contribution in [0, 0.1) is 0 Å². The van der Waals surface area contributed by atoms with E-state index in [1.807, 2.05) is 6.92 Å². The summed E-state index contributed by atoms with van der Waals surface area (Å²) in [6.45, 7) is 9.67. The molecule has 0 fully saturated rings. The number of benzene rings is 1. The minimum absolute atomic E-state index is 0. The lowest BCUT2D eigenvalue weighted by Gasteiger charge is -2.25. The quantitative estimate of drug-likeness (QED) is 0.306. The van der Waals surface area contributed by atoms with Gasteiger partial charge in [-0.3, -0.25) is 4.99 Å². The first-order chi connectivity index (χ1) is 14.0. The summed E-state index contributed by atoms with van der Waals surface area (Å²) >= 11 is 1.65. The fraction of sp³-hybridized carbons (Fsp3) is 0.545. The molecule has 6 nitrogen and oxygen atoms in total. The predicted octanol–water partition coefficient (Wildman–Crippen LogP) is 4.32. The molecule has 1 aliphatic rings. The van der Waals surface area contributed by atoms with E-state index in [-0.39, 0.29) is 30.1 Å². The highest BCUT2D eigenvalue weighted by Gasteiger charge is 2.24. The molecule has 2 atom stereocenters. The van der Waals surface area contributed by atoms with E-state index in [0.29, 0.717) is 6.04 Å². The van der Waals surface area contributed by atoms with Crippen molar-refractivity contribution in [3.05, 3.63) is 45.9 Å². The second kappa shape index (κ2) is 11.9. The standard InChI is InChI=1S/C22H33N5OS.HI/c1-6-23-22(26(4)14-19-15-29-21(25-19)17(3)28-5)24-11-12-27-16(2)13-18-9-7-8-10-20(18)27;/h7-10,15-17H,6,11-14H2,1-5H3,(H,23,24);1H. The molecule has 2 unspecified atom stereocenters. The highest BCUT2D eigenvalue weighted by molar-refractivity contribution is 14.0. The van der Waals surface area contributed by atoms with Gasteiger partial charge in [0.25, 0.3) is 0 Å². The average Bonchev–Trinajstić information content (AvgIpc) is 3.31. The number of guanidine groups is 1. The Morgan fingerprint density at radius 2 is 2.20 bits per heavy atom. The number of nitrogens with one attached hydrogen (secondary N) is 1. The number of aliphatic imine (C=N–C) groups is 1. The maximum absolute atomic E-state index is 5.37. The van der Waals surface area contributed by atoms with Crippen LogP contribution in [0.2, 0.25) is 0 Å². The molecule has 1 aromatic heterocycles. The smallest absolute Gasteiger partial charge is 0.194 e. The number of methoxy groups -OCH3 is 1. The normalized spacial score (nSPS) is 16.8. The lowest BCUT2D eigenvalue weighted by molar-refractivity contribution is 0.119. The molecular formula is C22H34IN5OS. The van der Waals surface area contributed by atoms with Gasteiger partial charge in [0.2, 0.25) is 0 Å². The second-order valence-electron chi connectivity index (χ2n) is 7.52. The Hall–Kier alpha value is -1.39. The van der Waals surface area contributed by atoms with E-state index in [0.717, 1.165) is 49.3 Å². The van der Waals surface area contributed by atoms with E-state index in [1.165, 1.54) is 11.3 Å². The number of para-hydroxylation sites is 1. The molecule has 0 amide bonds. The van der Waals surface area contributed by atoms with Crippen LogP contribution in [0.15, 0.2) is 34.6 Å². The largest absolute Gasteiger partial charge is 0.375 e. The summed E-state index contributed by atoms with van der Waals surface area (Å²) in [5.41, 5.74) is 3.84. The number of rotatable bonds is 8.